The highest BCUT2D eigenvalue weighted by Gasteiger charge is 2.46. The van der Waals surface area contributed by atoms with Gasteiger partial charge in [-0.15, -0.1) is 0 Å². The van der Waals surface area contributed by atoms with Crippen LogP contribution in [0.5, 0.6) is 0 Å². The van der Waals surface area contributed by atoms with Gasteiger partial charge in [0.15, 0.2) is 5.60 Å². The molecular weight excluding hydrogens is 761 g/mol. The lowest BCUT2D eigenvalue weighted by Crippen LogP contribution is -2.50. The molecule has 0 saturated heterocycles. The van der Waals surface area contributed by atoms with E-state index in [1.165, 1.54) is 10.6 Å². The zero-order valence-electron chi connectivity index (χ0n) is 31.9. The van der Waals surface area contributed by atoms with Crippen molar-refractivity contribution >= 4 is 46.5 Å². The van der Waals surface area contributed by atoms with Crippen LogP contribution in [0, 0.1) is 18.7 Å². The number of amides is 4. The van der Waals surface area contributed by atoms with E-state index in [2.05, 4.69) is 21.3 Å². The highest BCUT2D eigenvalue weighted by atomic mass is 19.1. The Hall–Kier alpha value is -5.79. The molecule has 2 aliphatic carbocycles. The van der Waals surface area contributed by atoms with Gasteiger partial charge >= 0.3 is 11.9 Å². The molecule has 19 heteroatoms. The summed E-state index contributed by atoms with van der Waals surface area (Å²) in [6, 6.07) is 1.26. The van der Waals surface area contributed by atoms with Gasteiger partial charge in [0.25, 0.3) is 5.56 Å². The Bertz CT molecular complexity index is 2320. The van der Waals surface area contributed by atoms with E-state index in [4.69, 9.17) is 25.3 Å². The SMILES string of the molecule is CC[C@@]1(O)C(=O)OCc2c1cc1n(c2=O)Cc2c-1nc1cc(F)c(C)c3c1c2[C@@H](NC(=O)[C@H]1C[C@@H](OCNC(=O)CNC(=O)[C@H](CCC(=O)O)NC(=O)CN)C1)CC3. The summed E-state index contributed by atoms with van der Waals surface area (Å²) >= 11 is 0. The molecule has 3 atom stereocenters. The van der Waals surface area contributed by atoms with Crippen molar-refractivity contribution in [2.75, 3.05) is 19.8 Å². The van der Waals surface area contributed by atoms with Gasteiger partial charge in [0, 0.05) is 34.9 Å². The maximum atomic E-state index is 15.3. The Labute approximate surface area is 330 Å². The number of fused-ring (bicyclic) bond motifs is 5. The van der Waals surface area contributed by atoms with Crippen LogP contribution in [0.15, 0.2) is 16.9 Å². The standard InChI is InChI=1S/C39H44FN7O11/c1-3-39(56)23-10-28-34-21(14-47(28)37(54)22(23)15-57-38(39)55)33-25(5-4-20-17(2)24(40)11-27(45-34)32(20)33)46-35(52)18-8-19(9-18)58-16-43-30(49)13-42-36(53)26(6-7-31(50)51)44-29(48)12-41/h10-11,18-19,25-26,56H,3-9,12-16,41H2,1-2H3,(H,42,53)(H,43,49)(H,44,48)(H,46,52)(H,50,51)/t18-,19+,25-,26-,39-/m0/s1. The highest BCUT2D eigenvalue weighted by molar-refractivity contribution is 5.94. The topological polar surface area (TPSA) is 270 Å². The molecule has 8 N–H and O–H groups in total. The lowest BCUT2D eigenvalue weighted by Gasteiger charge is -2.36. The molecule has 18 nitrogen and oxygen atoms in total. The third kappa shape index (κ3) is 7.28. The molecule has 3 aromatic rings. The number of nitrogens with zero attached hydrogens (tertiary/aromatic N) is 2. The summed E-state index contributed by atoms with van der Waals surface area (Å²) in [5, 5.41) is 31.3. The first kappa shape index (κ1) is 40.4. The number of carboxylic acid groups (broad SMARTS) is 1. The van der Waals surface area contributed by atoms with Gasteiger partial charge in [0.2, 0.25) is 23.6 Å². The minimum absolute atomic E-state index is 0.0212. The second-order valence-corrected chi connectivity index (χ2v) is 15.1. The first-order chi connectivity index (χ1) is 27.6. The van der Waals surface area contributed by atoms with Gasteiger partial charge in [0.05, 0.1) is 54.2 Å². The number of aromatic nitrogens is 2. The molecule has 1 saturated carbocycles. The molecule has 2 aromatic heterocycles. The summed E-state index contributed by atoms with van der Waals surface area (Å²) < 4.78 is 27.7. The van der Waals surface area contributed by atoms with Crippen molar-refractivity contribution in [2.24, 2.45) is 11.7 Å². The van der Waals surface area contributed by atoms with Crippen molar-refractivity contribution in [3.05, 3.63) is 61.7 Å². The largest absolute Gasteiger partial charge is 0.481 e. The smallest absolute Gasteiger partial charge is 0.343 e. The third-order valence-corrected chi connectivity index (χ3v) is 11.7. The first-order valence-electron chi connectivity index (χ1n) is 19.1. The van der Waals surface area contributed by atoms with E-state index >= 15 is 4.39 Å². The number of aliphatic hydroxyl groups is 1. The summed E-state index contributed by atoms with van der Waals surface area (Å²) in [4.78, 5) is 92.5. The molecule has 1 fully saturated rings. The molecule has 7 rings (SSSR count). The summed E-state index contributed by atoms with van der Waals surface area (Å²) in [6.07, 6.45) is 0.738. The van der Waals surface area contributed by atoms with E-state index in [1.54, 1.807) is 19.9 Å². The number of hydrogen-bond acceptors (Lipinski definition) is 12. The number of hydrogen-bond donors (Lipinski definition) is 7. The quantitative estimate of drug-likeness (QED) is 0.0651. The van der Waals surface area contributed by atoms with E-state index < -0.39 is 77.7 Å². The number of halogens is 1. The van der Waals surface area contributed by atoms with Crippen LogP contribution in [0.3, 0.4) is 0 Å². The second kappa shape index (κ2) is 15.9. The molecule has 4 amide bonds. The van der Waals surface area contributed by atoms with Crippen molar-refractivity contribution in [1.82, 2.24) is 30.8 Å². The Morgan fingerprint density at radius 3 is 2.59 bits per heavy atom. The van der Waals surface area contributed by atoms with Crippen molar-refractivity contribution in [3.8, 4) is 11.4 Å². The number of carboxylic acids is 1. The fourth-order valence-corrected chi connectivity index (χ4v) is 8.29. The van der Waals surface area contributed by atoms with E-state index in [0.717, 1.165) is 16.5 Å². The maximum Gasteiger partial charge on any atom is 0.343 e. The Balaban J connectivity index is 1.01. The molecule has 308 valence electrons. The molecule has 2 aliphatic heterocycles. The molecular formula is C39H44FN7O11. The van der Waals surface area contributed by atoms with Crippen LogP contribution in [0.1, 0.15) is 84.9 Å². The fourth-order valence-electron chi connectivity index (χ4n) is 8.29. The number of carbonyl (C=O) groups excluding carboxylic acids is 5. The van der Waals surface area contributed by atoms with E-state index in [0.29, 0.717) is 53.7 Å². The predicted octanol–water partition coefficient (Wildman–Crippen LogP) is -0.0760. The number of cyclic esters (lactones) is 1. The maximum absolute atomic E-state index is 15.3. The van der Waals surface area contributed by atoms with Crippen LogP contribution in [0.2, 0.25) is 0 Å². The van der Waals surface area contributed by atoms with Crippen molar-refractivity contribution in [1.29, 1.82) is 0 Å². The van der Waals surface area contributed by atoms with Gasteiger partial charge in [-0.3, -0.25) is 28.8 Å². The molecule has 58 heavy (non-hydrogen) atoms. The van der Waals surface area contributed by atoms with Crippen LogP contribution < -0.4 is 32.6 Å². The minimum Gasteiger partial charge on any atom is -0.481 e. The number of aliphatic carboxylic acids is 1. The number of benzene rings is 1. The summed E-state index contributed by atoms with van der Waals surface area (Å²) in [5.41, 5.74) is 7.00. The van der Waals surface area contributed by atoms with Crippen LogP contribution >= 0.6 is 0 Å². The Morgan fingerprint density at radius 1 is 1.12 bits per heavy atom. The Morgan fingerprint density at radius 2 is 1.88 bits per heavy atom. The lowest BCUT2D eigenvalue weighted by molar-refractivity contribution is -0.172. The predicted molar refractivity (Wildman–Crippen MR) is 200 cm³/mol. The van der Waals surface area contributed by atoms with E-state index in [-0.39, 0.29) is 62.3 Å². The number of nitrogens with one attached hydrogen (secondary N) is 4. The Kier molecular flexibility index (Phi) is 11.1. The monoisotopic (exact) mass is 805 g/mol. The molecule has 4 heterocycles. The number of carbonyl (C=O) groups is 6. The molecule has 0 bridgehead atoms. The summed E-state index contributed by atoms with van der Waals surface area (Å²) in [6.45, 7) is 2.09. The van der Waals surface area contributed by atoms with Gasteiger partial charge in [0.1, 0.15) is 25.2 Å². The number of pyridine rings is 2. The number of aryl methyl sites for hydroxylation is 1. The highest BCUT2D eigenvalue weighted by Crippen LogP contribution is 2.46. The third-order valence-electron chi connectivity index (χ3n) is 11.7. The van der Waals surface area contributed by atoms with Crippen LogP contribution in [0.4, 0.5) is 4.39 Å². The van der Waals surface area contributed by atoms with Gasteiger partial charge in [-0.2, -0.15) is 0 Å². The minimum atomic E-state index is -2.02. The average molecular weight is 806 g/mol. The number of rotatable bonds is 14. The normalized spacial score (nSPS) is 21.7. The number of ether oxygens (including phenoxy) is 2. The molecule has 4 aliphatic rings. The molecule has 0 unspecified atom stereocenters. The zero-order valence-corrected chi connectivity index (χ0v) is 31.9. The van der Waals surface area contributed by atoms with Crippen molar-refractivity contribution < 1.29 is 52.8 Å². The number of nitrogens with two attached hydrogens (primary N) is 1. The van der Waals surface area contributed by atoms with Gasteiger partial charge in [-0.25, -0.2) is 14.2 Å². The molecule has 0 radical (unpaired) electrons. The van der Waals surface area contributed by atoms with Crippen LogP contribution in [-0.2, 0) is 63.4 Å². The fraction of sp³-hybridized carbons (Fsp3) is 0.487. The second-order valence-electron chi connectivity index (χ2n) is 15.1. The molecule has 1 aromatic carbocycles. The first-order valence-corrected chi connectivity index (χ1v) is 19.1. The summed E-state index contributed by atoms with van der Waals surface area (Å²) in [7, 11) is 0. The summed E-state index contributed by atoms with van der Waals surface area (Å²) in [5.74, 6) is -5.05. The van der Waals surface area contributed by atoms with Crippen molar-refractivity contribution in [3.63, 3.8) is 0 Å². The van der Waals surface area contributed by atoms with Crippen molar-refractivity contribution in [2.45, 2.75) is 95.7 Å². The van der Waals surface area contributed by atoms with Gasteiger partial charge in [-0.1, -0.05) is 6.92 Å². The van der Waals surface area contributed by atoms with E-state index in [1.807, 2.05) is 0 Å². The van der Waals surface area contributed by atoms with Gasteiger partial charge < -0.3 is 51.3 Å². The van der Waals surface area contributed by atoms with E-state index in [9.17, 15) is 38.7 Å². The van der Waals surface area contributed by atoms with Crippen LogP contribution in [0.25, 0.3) is 22.3 Å². The van der Waals surface area contributed by atoms with Gasteiger partial charge in [-0.05, 0) is 68.2 Å². The zero-order chi connectivity index (χ0) is 41.6. The average Bonchev–Trinajstić information content (AvgIpc) is 3.55. The lowest BCUT2D eigenvalue weighted by atomic mass is 9.79. The number of esters is 1. The molecule has 0 spiro atoms. The van der Waals surface area contributed by atoms with Crippen LogP contribution in [-0.4, -0.2) is 87.3 Å².